The second kappa shape index (κ2) is 1.83. The predicted molar refractivity (Wildman–Crippen MR) is 35.0 cm³/mol. The van der Waals surface area contributed by atoms with Crippen molar-refractivity contribution in [3.05, 3.63) is 30.1 Å². The summed E-state index contributed by atoms with van der Waals surface area (Å²) in [4.78, 5) is 3.99. The molecule has 45 valence electrons. The average Bonchev–Trinajstić information content (AvgIpc) is 2.71. The Labute approximate surface area is 54.7 Å². The fourth-order valence-electron chi connectivity index (χ4n) is 0.977. The first kappa shape index (κ1) is 4.98. The van der Waals surface area contributed by atoms with Gasteiger partial charge in [-0.1, -0.05) is 0 Å². The van der Waals surface area contributed by atoms with Crippen molar-refractivity contribution in [1.82, 2.24) is 4.98 Å². The van der Waals surface area contributed by atoms with Crippen molar-refractivity contribution in [1.29, 1.82) is 0 Å². The second-order valence-corrected chi connectivity index (χ2v) is 2.49. The summed E-state index contributed by atoms with van der Waals surface area (Å²) < 4.78 is 0. The number of pyridine rings is 1. The molecule has 2 rings (SSSR count). The zero-order valence-corrected chi connectivity index (χ0v) is 5.17. The molecule has 1 aromatic rings. The maximum absolute atomic E-state index is 3.99. The highest BCUT2D eigenvalue weighted by molar-refractivity contribution is 5.18. The number of aromatic nitrogens is 1. The second-order valence-electron chi connectivity index (χ2n) is 2.49. The number of hydrogen-bond acceptors (Lipinski definition) is 1. The Balaban J connectivity index is 2.29. The van der Waals surface area contributed by atoms with Gasteiger partial charge in [-0.05, 0) is 30.4 Å². The lowest BCUT2D eigenvalue weighted by Gasteiger charge is -1.91. The molecule has 1 aliphatic carbocycles. The van der Waals surface area contributed by atoms with Crippen molar-refractivity contribution in [2.75, 3.05) is 0 Å². The van der Waals surface area contributed by atoms with E-state index in [1.165, 1.54) is 18.4 Å². The van der Waals surface area contributed by atoms with Crippen LogP contribution in [-0.2, 0) is 0 Å². The van der Waals surface area contributed by atoms with Crippen LogP contribution >= 0.6 is 0 Å². The van der Waals surface area contributed by atoms with Gasteiger partial charge in [0, 0.05) is 18.5 Å². The standard InChI is InChI=1S/C8H8N/c1-2-8(6-9-5-1)7-3-4-7/h2,5-7H,3-4H2. The Morgan fingerprint density at radius 2 is 2.44 bits per heavy atom. The molecule has 1 heteroatoms. The van der Waals surface area contributed by atoms with Crippen LogP contribution in [0.15, 0.2) is 18.5 Å². The van der Waals surface area contributed by atoms with Gasteiger partial charge in [-0.25, -0.2) is 0 Å². The summed E-state index contributed by atoms with van der Waals surface area (Å²) in [6, 6.07) is 5.00. The first-order valence-corrected chi connectivity index (χ1v) is 3.28. The van der Waals surface area contributed by atoms with Crippen molar-refractivity contribution in [3.8, 4) is 0 Å². The van der Waals surface area contributed by atoms with Crippen molar-refractivity contribution in [2.24, 2.45) is 0 Å². The van der Waals surface area contributed by atoms with E-state index in [0.717, 1.165) is 5.92 Å². The molecule has 0 saturated heterocycles. The molecule has 1 saturated carbocycles. The normalized spacial score (nSPS) is 17.8. The Bertz CT molecular complexity index is 189. The van der Waals surface area contributed by atoms with Crippen molar-refractivity contribution < 1.29 is 0 Å². The summed E-state index contributed by atoms with van der Waals surface area (Å²) in [7, 11) is 0. The molecule has 1 fully saturated rings. The first-order valence-electron chi connectivity index (χ1n) is 3.28. The van der Waals surface area contributed by atoms with E-state index in [1.807, 2.05) is 12.3 Å². The molecule has 0 aliphatic heterocycles. The van der Waals surface area contributed by atoms with Gasteiger partial charge in [0.1, 0.15) is 0 Å². The zero-order valence-electron chi connectivity index (χ0n) is 5.17. The summed E-state index contributed by atoms with van der Waals surface area (Å²) in [6.07, 6.45) is 6.33. The largest absolute Gasteiger partial charge is 0.264 e. The van der Waals surface area contributed by atoms with Gasteiger partial charge in [0.15, 0.2) is 0 Å². The summed E-state index contributed by atoms with van der Waals surface area (Å²) in [5.74, 6) is 0.815. The lowest BCUT2D eigenvalue weighted by molar-refractivity contribution is 1.09. The van der Waals surface area contributed by atoms with Gasteiger partial charge < -0.3 is 0 Å². The number of rotatable bonds is 1. The van der Waals surface area contributed by atoms with E-state index in [9.17, 15) is 0 Å². The molecule has 9 heavy (non-hydrogen) atoms. The fourth-order valence-corrected chi connectivity index (χ4v) is 0.977. The molecule has 0 N–H and O–H groups in total. The summed E-state index contributed by atoms with van der Waals surface area (Å²) in [5, 5.41) is 0. The average molecular weight is 118 g/mol. The Morgan fingerprint density at radius 3 is 3.00 bits per heavy atom. The van der Waals surface area contributed by atoms with E-state index in [2.05, 4.69) is 11.1 Å². The van der Waals surface area contributed by atoms with Crippen LogP contribution in [0.1, 0.15) is 24.3 Å². The Hall–Kier alpha value is -0.850. The number of nitrogens with zero attached hydrogens (tertiary/aromatic N) is 1. The summed E-state index contributed by atoms with van der Waals surface area (Å²) in [6.45, 7) is 0. The molecule has 1 aliphatic rings. The third-order valence-electron chi connectivity index (χ3n) is 1.67. The van der Waals surface area contributed by atoms with Crippen LogP contribution in [-0.4, -0.2) is 4.98 Å². The quantitative estimate of drug-likeness (QED) is 0.547. The van der Waals surface area contributed by atoms with E-state index in [-0.39, 0.29) is 0 Å². The minimum absolute atomic E-state index is 0.815. The van der Waals surface area contributed by atoms with E-state index < -0.39 is 0 Å². The van der Waals surface area contributed by atoms with E-state index >= 15 is 0 Å². The van der Waals surface area contributed by atoms with Gasteiger partial charge >= 0.3 is 0 Å². The summed E-state index contributed by atoms with van der Waals surface area (Å²) in [5.41, 5.74) is 1.36. The molecule has 1 aromatic heterocycles. The van der Waals surface area contributed by atoms with E-state index in [1.54, 1.807) is 6.20 Å². The van der Waals surface area contributed by atoms with Gasteiger partial charge in [-0.2, -0.15) is 0 Å². The molecule has 0 amide bonds. The van der Waals surface area contributed by atoms with Crippen molar-refractivity contribution in [3.63, 3.8) is 0 Å². The van der Waals surface area contributed by atoms with Crippen LogP contribution in [0.2, 0.25) is 0 Å². The minimum atomic E-state index is 0.815. The monoisotopic (exact) mass is 118 g/mol. The van der Waals surface area contributed by atoms with Crippen LogP contribution in [0, 0.1) is 6.07 Å². The minimum Gasteiger partial charge on any atom is -0.264 e. The molecule has 0 bridgehead atoms. The first-order chi connectivity index (χ1) is 4.47. The van der Waals surface area contributed by atoms with Crippen LogP contribution in [0.3, 0.4) is 0 Å². The molecule has 1 radical (unpaired) electrons. The third-order valence-corrected chi connectivity index (χ3v) is 1.67. The lowest BCUT2D eigenvalue weighted by Crippen LogP contribution is -1.78. The van der Waals surface area contributed by atoms with Gasteiger partial charge in [-0.15, -0.1) is 0 Å². The van der Waals surface area contributed by atoms with Gasteiger partial charge in [-0.3, -0.25) is 4.98 Å². The maximum Gasteiger partial charge on any atom is 0.0347 e. The molecule has 0 unspecified atom stereocenters. The fraction of sp³-hybridized carbons (Fsp3) is 0.375. The summed E-state index contributed by atoms with van der Waals surface area (Å²) >= 11 is 0. The van der Waals surface area contributed by atoms with Gasteiger partial charge in [0.25, 0.3) is 0 Å². The number of hydrogen-bond donors (Lipinski definition) is 0. The predicted octanol–water partition coefficient (Wildman–Crippen LogP) is 1.76. The Morgan fingerprint density at radius 1 is 1.56 bits per heavy atom. The van der Waals surface area contributed by atoms with Gasteiger partial charge in [0.2, 0.25) is 0 Å². The van der Waals surface area contributed by atoms with Crippen LogP contribution in [0.5, 0.6) is 0 Å². The van der Waals surface area contributed by atoms with Crippen LogP contribution < -0.4 is 0 Å². The third kappa shape index (κ3) is 0.947. The maximum atomic E-state index is 3.99. The van der Waals surface area contributed by atoms with E-state index in [0.29, 0.717) is 0 Å². The van der Waals surface area contributed by atoms with Crippen LogP contribution in [0.4, 0.5) is 0 Å². The van der Waals surface area contributed by atoms with Crippen molar-refractivity contribution >= 4 is 0 Å². The Kier molecular flexibility index (Phi) is 1.01. The molecule has 0 aromatic carbocycles. The molecule has 0 atom stereocenters. The highest BCUT2D eigenvalue weighted by Gasteiger charge is 2.22. The molecule has 0 spiro atoms. The van der Waals surface area contributed by atoms with Gasteiger partial charge in [0.05, 0.1) is 0 Å². The topological polar surface area (TPSA) is 12.9 Å². The molecular weight excluding hydrogens is 110 g/mol. The lowest BCUT2D eigenvalue weighted by atomic mass is 10.2. The molecular formula is C8H8N. The highest BCUT2D eigenvalue weighted by Crippen LogP contribution is 2.39. The molecule has 1 heterocycles. The highest BCUT2D eigenvalue weighted by atomic mass is 14.6. The smallest absolute Gasteiger partial charge is 0.0347 e. The van der Waals surface area contributed by atoms with E-state index in [4.69, 9.17) is 0 Å². The van der Waals surface area contributed by atoms with Crippen LogP contribution in [0.25, 0.3) is 0 Å². The van der Waals surface area contributed by atoms with Crippen molar-refractivity contribution in [2.45, 2.75) is 18.8 Å². The molecule has 1 nitrogen and oxygen atoms in total. The zero-order chi connectivity index (χ0) is 6.10. The SMILES string of the molecule is [c]1cncc(C2CC2)c1.